The fourth-order valence-electron chi connectivity index (χ4n) is 11.7. The topological polar surface area (TPSA) is 231 Å². The van der Waals surface area contributed by atoms with E-state index in [1.807, 2.05) is 0 Å². The third-order valence-electron chi connectivity index (χ3n) is 18.4. The molecule has 0 fully saturated rings. The maximum atomic E-state index is 13.1. The molecular weight excluding hydrogens is 1460 g/mol. The Morgan fingerprint density at radius 2 is 0.469 bits per heavy atom. The average molecular weight is 1620 g/mol. The van der Waals surface area contributed by atoms with Crippen LogP contribution >= 0.6 is 15.6 Å². The number of unbranched alkanes of at least 4 members (excludes halogenated alkanes) is 32. The van der Waals surface area contributed by atoms with Crippen molar-refractivity contribution < 1.29 is 75.8 Å². The van der Waals surface area contributed by atoms with Crippen LogP contribution in [0.4, 0.5) is 0 Å². The minimum Gasteiger partial charge on any atom is -0.463 e. The van der Waals surface area contributed by atoms with E-state index in [1.54, 1.807) is 0 Å². The summed E-state index contributed by atoms with van der Waals surface area (Å²) in [6.07, 6.45) is 111. The van der Waals surface area contributed by atoms with E-state index in [4.69, 9.17) is 32.3 Å². The molecule has 4 N–H and O–H groups in total. The standard InChI is InChI=1S/C95H160O16P2/c1-4-7-10-13-16-19-22-25-28-31-34-37-40-42-44-46-49-51-54-57-60-63-66-69-72-75-78-81-93(98)105-84-90(96)85-107-112(101,102)108-86-91(97)87-109-113(103,104)110-89-92(111-95(100)83-80-77-74-71-68-65-62-59-56-53-48-39-36-33-30-27-24-21-18-15-12-9-6-3)88-106-94(99)82-79-76-73-70-67-64-61-58-55-52-50-47-45-43-41-38-35-32-29-26-23-20-17-14-11-8-5-2/h7-8,10-11,16-21,25-30,34-39,42-45,53,56,90-92,96-97H,4-6,9,12-15,22-24,31-33,40-41,46-52,54-55,57-89H2,1-3H3,(H,101,102)(H,103,104)/b10-7-,11-8-,19-16-,20-17-,21-18-,28-25-,29-26-,30-27-,37-34-,38-35-,39-36-,44-42-,45-43-,56-53-. The van der Waals surface area contributed by atoms with Gasteiger partial charge in [-0.25, -0.2) is 9.13 Å². The van der Waals surface area contributed by atoms with E-state index >= 15 is 0 Å². The number of rotatable bonds is 83. The highest BCUT2D eigenvalue weighted by Gasteiger charge is 2.29. The fraction of sp³-hybridized carbons (Fsp3) is 0.674. The molecule has 0 aromatic rings. The highest BCUT2D eigenvalue weighted by Crippen LogP contribution is 2.45. The molecule has 0 spiro atoms. The van der Waals surface area contributed by atoms with Gasteiger partial charge in [0.15, 0.2) is 6.10 Å². The molecule has 0 radical (unpaired) electrons. The van der Waals surface area contributed by atoms with E-state index in [0.717, 1.165) is 186 Å². The second kappa shape index (κ2) is 86.3. The second-order valence-corrected chi connectivity index (χ2v) is 32.2. The zero-order valence-corrected chi connectivity index (χ0v) is 72.8. The van der Waals surface area contributed by atoms with E-state index in [2.05, 4.69) is 191 Å². The van der Waals surface area contributed by atoms with Crippen LogP contribution in [0.5, 0.6) is 0 Å². The van der Waals surface area contributed by atoms with Gasteiger partial charge in [0.05, 0.1) is 26.4 Å². The summed E-state index contributed by atoms with van der Waals surface area (Å²) in [5.41, 5.74) is 0. The second-order valence-electron chi connectivity index (χ2n) is 29.3. The summed E-state index contributed by atoms with van der Waals surface area (Å²) in [6.45, 7) is 2.44. The van der Waals surface area contributed by atoms with Gasteiger partial charge in [0.25, 0.3) is 0 Å². The number of carbonyl (C=O) groups excluding carboxylic acids is 3. The van der Waals surface area contributed by atoms with Crippen molar-refractivity contribution in [3.8, 4) is 0 Å². The minimum atomic E-state index is -4.95. The van der Waals surface area contributed by atoms with Gasteiger partial charge in [-0.1, -0.05) is 351 Å². The van der Waals surface area contributed by atoms with Crippen LogP contribution in [0.25, 0.3) is 0 Å². The Labute approximate surface area is 688 Å². The molecule has 646 valence electrons. The SMILES string of the molecule is CC/C=C\C/C=C\C/C=C\C/C=C\C/C=C\CCCCCCCCCCCCCC(=O)OCC(O)COP(=O)(O)OCC(O)COP(=O)(O)OCC(COC(=O)CCCCCCCCCCCCC/C=C\C/C=C\C/C=C\C/C=C\C/C=C\CC)OC(=O)CCCCCCCCC/C=C\C/C=C\C/C=C\C/C=C\CCCCC. The van der Waals surface area contributed by atoms with Crippen molar-refractivity contribution in [3.63, 3.8) is 0 Å². The molecule has 0 saturated carbocycles. The van der Waals surface area contributed by atoms with Gasteiger partial charge < -0.3 is 34.2 Å². The van der Waals surface area contributed by atoms with E-state index in [9.17, 15) is 43.5 Å². The summed E-state index contributed by atoms with van der Waals surface area (Å²) in [7, 11) is -9.82. The monoisotopic (exact) mass is 1620 g/mol. The Morgan fingerprint density at radius 3 is 0.743 bits per heavy atom. The van der Waals surface area contributed by atoms with Crippen LogP contribution < -0.4 is 0 Å². The van der Waals surface area contributed by atoms with Crippen LogP contribution in [0.15, 0.2) is 170 Å². The highest BCUT2D eigenvalue weighted by atomic mass is 31.2. The minimum absolute atomic E-state index is 0.0870. The van der Waals surface area contributed by atoms with Crippen LogP contribution in [0.3, 0.4) is 0 Å². The summed E-state index contributed by atoms with van der Waals surface area (Å²) in [5, 5.41) is 20.7. The molecule has 0 heterocycles. The molecule has 5 atom stereocenters. The molecule has 0 aliphatic heterocycles. The molecular formula is C95H160O16P2. The predicted molar refractivity (Wildman–Crippen MR) is 472 cm³/mol. The van der Waals surface area contributed by atoms with Crippen LogP contribution in [-0.4, -0.2) is 95.9 Å². The van der Waals surface area contributed by atoms with Crippen molar-refractivity contribution in [1.29, 1.82) is 0 Å². The zero-order valence-electron chi connectivity index (χ0n) is 71.0. The number of hydrogen-bond donors (Lipinski definition) is 4. The van der Waals surface area contributed by atoms with Gasteiger partial charge in [0.1, 0.15) is 25.4 Å². The van der Waals surface area contributed by atoms with Crippen LogP contribution in [0.1, 0.15) is 355 Å². The Balaban J connectivity index is 4.68. The Hall–Kier alpha value is -5.09. The van der Waals surface area contributed by atoms with E-state index in [0.29, 0.717) is 19.3 Å². The molecule has 5 unspecified atom stereocenters. The number of aliphatic hydroxyl groups excluding tert-OH is 2. The molecule has 0 aliphatic carbocycles. The first-order valence-electron chi connectivity index (χ1n) is 44.4. The lowest BCUT2D eigenvalue weighted by atomic mass is 10.0. The number of hydrogen-bond acceptors (Lipinski definition) is 14. The number of aliphatic hydroxyl groups is 2. The first-order chi connectivity index (χ1) is 55.2. The molecule has 0 bridgehead atoms. The lowest BCUT2D eigenvalue weighted by Gasteiger charge is -2.21. The lowest BCUT2D eigenvalue weighted by molar-refractivity contribution is -0.161. The smallest absolute Gasteiger partial charge is 0.463 e. The van der Waals surface area contributed by atoms with Gasteiger partial charge in [-0.3, -0.25) is 32.5 Å². The Kier molecular flexibility index (Phi) is 82.4. The van der Waals surface area contributed by atoms with Gasteiger partial charge in [0, 0.05) is 19.3 Å². The number of carbonyl (C=O) groups is 3. The average Bonchev–Trinajstić information content (AvgIpc) is 0.915. The molecule has 16 nitrogen and oxygen atoms in total. The van der Waals surface area contributed by atoms with Gasteiger partial charge in [0.2, 0.25) is 0 Å². The zero-order chi connectivity index (χ0) is 82.2. The highest BCUT2D eigenvalue weighted by molar-refractivity contribution is 7.47. The van der Waals surface area contributed by atoms with Crippen LogP contribution in [0.2, 0.25) is 0 Å². The lowest BCUT2D eigenvalue weighted by Crippen LogP contribution is -2.30. The van der Waals surface area contributed by atoms with Gasteiger partial charge in [-0.05, 0) is 154 Å². The first kappa shape index (κ1) is 108. The van der Waals surface area contributed by atoms with E-state index in [-0.39, 0.29) is 19.3 Å². The summed E-state index contributed by atoms with van der Waals surface area (Å²) in [4.78, 5) is 59.0. The van der Waals surface area contributed by atoms with Crippen LogP contribution in [0, 0.1) is 0 Å². The molecule has 113 heavy (non-hydrogen) atoms. The maximum absolute atomic E-state index is 13.1. The summed E-state index contributed by atoms with van der Waals surface area (Å²) >= 11 is 0. The predicted octanol–water partition coefficient (Wildman–Crippen LogP) is 27.1. The Bertz CT molecular complexity index is 2730. The third-order valence-corrected chi connectivity index (χ3v) is 20.3. The molecule has 0 amide bonds. The summed E-state index contributed by atoms with van der Waals surface area (Å²) in [5.74, 6) is -1.59. The number of ether oxygens (including phenoxy) is 3. The van der Waals surface area contributed by atoms with Crippen molar-refractivity contribution in [2.45, 2.75) is 373 Å². The molecule has 0 aromatic carbocycles. The largest absolute Gasteiger partial charge is 0.472 e. The van der Waals surface area contributed by atoms with E-state index < -0.39 is 91.5 Å². The number of phosphoric ester groups is 2. The van der Waals surface area contributed by atoms with Crippen molar-refractivity contribution in [3.05, 3.63) is 170 Å². The third kappa shape index (κ3) is 87.6. The van der Waals surface area contributed by atoms with Crippen molar-refractivity contribution >= 4 is 33.6 Å². The summed E-state index contributed by atoms with van der Waals surface area (Å²) < 4.78 is 61.4. The molecule has 0 saturated heterocycles. The van der Waals surface area contributed by atoms with Crippen molar-refractivity contribution in [1.82, 2.24) is 0 Å². The Morgan fingerprint density at radius 1 is 0.257 bits per heavy atom. The molecule has 0 aromatic heterocycles. The number of esters is 3. The molecule has 18 heteroatoms. The molecule has 0 rings (SSSR count). The van der Waals surface area contributed by atoms with Crippen molar-refractivity contribution in [2.75, 3.05) is 39.6 Å². The van der Waals surface area contributed by atoms with Crippen LogP contribution in [-0.2, 0) is 55.8 Å². The van der Waals surface area contributed by atoms with Crippen molar-refractivity contribution in [2.24, 2.45) is 0 Å². The number of allylic oxidation sites excluding steroid dienone is 28. The normalized spacial score (nSPS) is 14.6. The van der Waals surface area contributed by atoms with Gasteiger partial charge >= 0.3 is 33.6 Å². The maximum Gasteiger partial charge on any atom is 0.472 e. The van der Waals surface area contributed by atoms with Gasteiger partial charge in [-0.15, -0.1) is 0 Å². The molecule has 0 aliphatic rings. The van der Waals surface area contributed by atoms with Gasteiger partial charge in [-0.2, -0.15) is 0 Å². The summed E-state index contributed by atoms with van der Waals surface area (Å²) in [6, 6.07) is 0. The first-order valence-corrected chi connectivity index (χ1v) is 47.4. The quantitative estimate of drug-likeness (QED) is 0.0146. The fourth-order valence-corrected chi connectivity index (χ4v) is 13.3. The van der Waals surface area contributed by atoms with E-state index in [1.165, 1.54) is 109 Å². The number of phosphoric acid groups is 2.